The second-order valence-corrected chi connectivity index (χ2v) is 5.41. The molecule has 0 bridgehead atoms. The Labute approximate surface area is 133 Å². The molecule has 1 aromatic rings. The average molecular weight is 324 g/mol. The molecule has 0 aliphatic carbocycles. The van der Waals surface area contributed by atoms with E-state index in [2.05, 4.69) is 16.0 Å². The van der Waals surface area contributed by atoms with Gasteiger partial charge in [0, 0.05) is 12.6 Å². The summed E-state index contributed by atoms with van der Waals surface area (Å²) in [6.07, 6.45) is 0. The van der Waals surface area contributed by atoms with Crippen LogP contribution in [0.15, 0.2) is 18.2 Å². The van der Waals surface area contributed by atoms with Gasteiger partial charge in [-0.25, -0.2) is 4.39 Å². The number of amides is 3. The summed E-state index contributed by atoms with van der Waals surface area (Å²) in [5.41, 5.74) is 5.90. The minimum Gasteiger partial charge on any atom is -0.346 e. The van der Waals surface area contributed by atoms with E-state index in [1.807, 2.05) is 0 Å². The summed E-state index contributed by atoms with van der Waals surface area (Å²) in [6.45, 7) is 4.55. The molecule has 8 heteroatoms. The van der Waals surface area contributed by atoms with Crippen LogP contribution in [-0.4, -0.2) is 30.3 Å². The Balaban J connectivity index is 2.63. The second-order valence-electron chi connectivity index (χ2n) is 5.41. The maximum Gasteiger partial charge on any atom is 0.243 e. The van der Waals surface area contributed by atoms with Crippen LogP contribution in [0.2, 0.25) is 0 Å². The predicted molar refractivity (Wildman–Crippen MR) is 85.2 cm³/mol. The molecular formula is C15H21FN4O3. The number of rotatable bonds is 6. The minimum absolute atomic E-state index is 0.0650. The fraction of sp³-hybridized carbons (Fsp3) is 0.400. The molecule has 0 heterocycles. The highest BCUT2D eigenvalue weighted by molar-refractivity contribution is 5.96. The van der Waals surface area contributed by atoms with E-state index < -0.39 is 23.7 Å². The number of halogens is 1. The molecule has 0 saturated carbocycles. The fourth-order valence-electron chi connectivity index (χ4n) is 1.68. The van der Waals surface area contributed by atoms with Crippen LogP contribution in [0.5, 0.6) is 0 Å². The number of nitrogens with two attached hydrogens (primary N) is 1. The zero-order chi connectivity index (χ0) is 17.6. The molecule has 0 aromatic heterocycles. The van der Waals surface area contributed by atoms with Gasteiger partial charge >= 0.3 is 0 Å². The fourth-order valence-corrected chi connectivity index (χ4v) is 1.68. The van der Waals surface area contributed by atoms with Crippen molar-refractivity contribution in [2.75, 3.05) is 17.2 Å². The van der Waals surface area contributed by atoms with Gasteiger partial charge in [0.2, 0.25) is 17.7 Å². The first-order valence-corrected chi connectivity index (χ1v) is 7.11. The highest BCUT2D eigenvalue weighted by atomic mass is 19.1. The van der Waals surface area contributed by atoms with Crippen molar-refractivity contribution in [3.63, 3.8) is 0 Å². The predicted octanol–water partition coefficient (Wildman–Crippen LogP) is 0.822. The Morgan fingerprint density at radius 2 is 1.87 bits per heavy atom. The van der Waals surface area contributed by atoms with E-state index in [0.29, 0.717) is 5.69 Å². The molecule has 1 aromatic carbocycles. The van der Waals surface area contributed by atoms with Crippen molar-refractivity contribution in [1.29, 1.82) is 0 Å². The zero-order valence-corrected chi connectivity index (χ0v) is 13.3. The lowest BCUT2D eigenvalue weighted by Gasteiger charge is -2.15. The molecule has 126 valence electrons. The average Bonchev–Trinajstić information content (AvgIpc) is 2.46. The van der Waals surface area contributed by atoms with Gasteiger partial charge in [0.25, 0.3) is 0 Å². The van der Waals surface area contributed by atoms with Gasteiger partial charge in [-0.1, -0.05) is 13.8 Å². The quantitative estimate of drug-likeness (QED) is 0.620. The molecule has 0 unspecified atom stereocenters. The van der Waals surface area contributed by atoms with Crippen LogP contribution < -0.4 is 21.7 Å². The first-order chi connectivity index (χ1) is 10.7. The van der Waals surface area contributed by atoms with Crippen molar-refractivity contribution in [2.24, 2.45) is 11.7 Å². The lowest BCUT2D eigenvalue weighted by Crippen LogP contribution is -2.46. The standard InChI is InChI=1S/C15H21FN4O3/c1-8(2)14(17)15(23)18-7-13(22)20-12-6-10(19-9(3)21)4-5-11(12)16/h4-6,8,14H,7,17H2,1-3H3,(H,18,23)(H,19,21)(H,20,22)/t14-/m0/s1. The van der Waals surface area contributed by atoms with Crippen molar-refractivity contribution in [2.45, 2.75) is 26.8 Å². The molecule has 23 heavy (non-hydrogen) atoms. The van der Waals surface area contributed by atoms with Crippen molar-refractivity contribution >= 4 is 29.1 Å². The Morgan fingerprint density at radius 1 is 1.22 bits per heavy atom. The van der Waals surface area contributed by atoms with E-state index in [4.69, 9.17) is 5.73 Å². The maximum absolute atomic E-state index is 13.7. The largest absolute Gasteiger partial charge is 0.346 e. The van der Waals surface area contributed by atoms with Crippen LogP contribution in [0.4, 0.5) is 15.8 Å². The number of anilines is 2. The number of benzene rings is 1. The summed E-state index contributed by atoms with van der Waals surface area (Å²) in [5, 5.41) is 7.19. The van der Waals surface area contributed by atoms with Crippen LogP contribution in [-0.2, 0) is 14.4 Å². The lowest BCUT2D eigenvalue weighted by atomic mass is 10.1. The van der Waals surface area contributed by atoms with Crippen LogP contribution in [0.25, 0.3) is 0 Å². The van der Waals surface area contributed by atoms with Gasteiger partial charge in [0.05, 0.1) is 18.3 Å². The van der Waals surface area contributed by atoms with Crippen LogP contribution in [0.1, 0.15) is 20.8 Å². The number of nitrogens with one attached hydrogen (secondary N) is 3. The molecule has 7 nitrogen and oxygen atoms in total. The number of hydrogen-bond acceptors (Lipinski definition) is 4. The van der Waals surface area contributed by atoms with E-state index >= 15 is 0 Å². The molecule has 0 spiro atoms. The monoisotopic (exact) mass is 324 g/mol. The van der Waals surface area contributed by atoms with Crippen molar-refractivity contribution in [3.05, 3.63) is 24.0 Å². The Bertz CT molecular complexity index is 604. The third kappa shape index (κ3) is 6.03. The second kappa shape index (κ2) is 8.23. The molecular weight excluding hydrogens is 303 g/mol. The Hall–Kier alpha value is -2.48. The first-order valence-electron chi connectivity index (χ1n) is 7.11. The molecule has 3 amide bonds. The molecule has 1 rings (SSSR count). The maximum atomic E-state index is 13.7. The third-order valence-electron chi connectivity index (χ3n) is 3.00. The van der Waals surface area contributed by atoms with Gasteiger partial charge in [0.15, 0.2) is 0 Å². The number of carbonyl (C=O) groups excluding carboxylic acids is 3. The van der Waals surface area contributed by atoms with Gasteiger partial charge < -0.3 is 21.7 Å². The summed E-state index contributed by atoms with van der Waals surface area (Å²) in [7, 11) is 0. The van der Waals surface area contributed by atoms with Gasteiger partial charge in [-0.15, -0.1) is 0 Å². The minimum atomic E-state index is -0.720. The van der Waals surface area contributed by atoms with Gasteiger partial charge in [-0.2, -0.15) is 0 Å². The van der Waals surface area contributed by atoms with Gasteiger partial charge in [0.1, 0.15) is 5.82 Å². The van der Waals surface area contributed by atoms with E-state index in [0.717, 1.165) is 6.07 Å². The molecule has 0 saturated heterocycles. The van der Waals surface area contributed by atoms with E-state index in [1.165, 1.54) is 19.1 Å². The number of carbonyl (C=O) groups is 3. The van der Waals surface area contributed by atoms with E-state index in [1.54, 1.807) is 13.8 Å². The Kier molecular flexibility index (Phi) is 6.65. The molecule has 0 radical (unpaired) electrons. The van der Waals surface area contributed by atoms with Crippen LogP contribution in [0.3, 0.4) is 0 Å². The van der Waals surface area contributed by atoms with Crippen molar-refractivity contribution in [1.82, 2.24) is 5.32 Å². The third-order valence-corrected chi connectivity index (χ3v) is 3.00. The molecule has 0 aliphatic rings. The summed E-state index contributed by atoms with van der Waals surface area (Å²) in [5.74, 6) is -2.10. The molecule has 0 aliphatic heterocycles. The van der Waals surface area contributed by atoms with Crippen molar-refractivity contribution < 1.29 is 18.8 Å². The number of hydrogen-bond donors (Lipinski definition) is 4. The smallest absolute Gasteiger partial charge is 0.243 e. The van der Waals surface area contributed by atoms with E-state index in [9.17, 15) is 18.8 Å². The Morgan fingerprint density at radius 3 is 2.43 bits per heavy atom. The highest BCUT2D eigenvalue weighted by Gasteiger charge is 2.18. The summed E-state index contributed by atoms with van der Waals surface area (Å²) in [4.78, 5) is 34.4. The van der Waals surface area contributed by atoms with Gasteiger partial charge in [-0.3, -0.25) is 14.4 Å². The summed E-state index contributed by atoms with van der Waals surface area (Å²) < 4.78 is 13.7. The molecule has 0 fully saturated rings. The van der Waals surface area contributed by atoms with E-state index in [-0.39, 0.29) is 24.1 Å². The summed E-state index contributed by atoms with van der Waals surface area (Å²) in [6, 6.07) is 3.06. The highest BCUT2D eigenvalue weighted by Crippen LogP contribution is 2.19. The SMILES string of the molecule is CC(=O)Nc1ccc(F)c(NC(=O)CNC(=O)[C@@H](N)C(C)C)c1. The van der Waals surface area contributed by atoms with Crippen LogP contribution in [0, 0.1) is 11.7 Å². The topological polar surface area (TPSA) is 113 Å². The summed E-state index contributed by atoms with van der Waals surface area (Å²) >= 11 is 0. The van der Waals surface area contributed by atoms with Crippen molar-refractivity contribution in [3.8, 4) is 0 Å². The molecule has 1 atom stereocenters. The lowest BCUT2D eigenvalue weighted by molar-refractivity contribution is -0.125. The molecule has 5 N–H and O–H groups in total. The first kappa shape index (κ1) is 18.6. The zero-order valence-electron chi connectivity index (χ0n) is 13.3. The normalized spacial score (nSPS) is 11.7. The van der Waals surface area contributed by atoms with Gasteiger partial charge in [-0.05, 0) is 24.1 Å². The van der Waals surface area contributed by atoms with Crippen LogP contribution >= 0.6 is 0 Å².